The molecule has 0 saturated heterocycles. The molecule has 2 aromatic rings. The van der Waals surface area contributed by atoms with E-state index in [-0.39, 0.29) is 7.43 Å². The molecule has 0 aliphatic carbocycles. The molecule has 0 bridgehead atoms. The molecule has 33 heavy (non-hydrogen) atoms. The van der Waals surface area contributed by atoms with E-state index in [1.54, 1.807) is 12.4 Å². The zero-order chi connectivity index (χ0) is 27.6. The standard InChI is InChI=1S/C6H6.C5H5N.2C4H10.6C2H6.CH4/c2*1-2-4-6-5-3-1;2*1-4(2)3;6*1-2;/h1-6H;1-5H;2*4H,1-3H3;6*1-2H3;1H4. The minimum atomic E-state index is 0. The van der Waals surface area contributed by atoms with Crippen LogP contribution in [0, 0.1) is 11.8 Å². The molecule has 2 rings (SSSR count). The Balaban J connectivity index is -0.0000000290. The molecule has 204 valence electrons. The molecule has 0 atom stereocenters. The summed E-state index contributed by atoms with van der Waals surface area (Å²) in [5.74, 6) is 1.67. The van der Waals surface area contributed by atoms with Gasteiger partial charge in [0, 0.05) is 12.4 Å². The number of aromatic nitrogens is 1. The third kappa shape index (κ3) is 227. The average molecular weight is 470 g/mol. The quantitative estimate of drug-likeness (QED) is 0.373. The molecular formula is C32H71N. The summed E-state index contributed by atoms with van der Waals surface area (Å²) in [4.78, 5) is 3.78. The highest BCUT2D eigenvalue weighted by Gasteiger charge is 1.68. The molecule has 0 unspecified atom stereocenters. The summed E-state index contributed by atoms with van der Waals surface area (Å²) in [5.41, 5.74) is 0. The normalized spacial score (nSPS) is 6.18. The van der Waals surface area contributed by atoms with Crippen LogP contribution in [-0.2, 0) is 0 Å². The molecule has 0 fully saturated rings. The molecule has 1 aromatic carbocycles. The fourth-order valence-corrected chi connectivity index (χ4v) is 0.698. The van der Waals surface area contributed by atoms with Crippen LogP contribution in [0.5, 0.6) is 0 Å². The van der Waals surface area contributed by atoms with Crippen LogP contribution in [0.1, 0.15) is 132 Å². The minimum absolute atomic E-state index is 0. The molecule has 0 N–H and O–H groups in total. The van der Waals surface area contributed by atoms with Crippen LogP contribution >= 0.6 is 0 Å². The first-order valence-electron chi connectivity index (χ1n) is 13.3. The molecule has 1 heteroatoms. The highest BCUT2D eigenvalue weighted by Crippen LogP contribution is 1.81. The van der Waals surface area contributed by atoms with Crippen molar-refractivity contribution in [2.24, 2.45) is 11.8 Å². The van der Waals surface area contributed by atoms with Crippen molar-refractivity contribution in [1.29, 1.82) is 0 Å². The number of hydrogen-bond acceptors (Lipinski definition) is 1. The first-order chi connectivity index (χ1) is 15.5. The van der Waals surface area contributed by atoms with Crippen LogP contribution in [0.3, 0.4) is 0 Å². The SMILES string of the molecule is C.CC.CC.CC.CC.CC.CC.CC(C)C.CC(C)C.c1ccccc1.c1ccncc1. The summed E-state index contributed by atoms with van der Waals surface area (Å²) in [6.45, 7) is 37.0. The molecule has 1 aromatic heterocycles. The lowest BCUT2D eigenvalue weighted by molar-refractivity contribution is 0.736. The van der Waals surface area contributed by atoms with Crippen molar-refractivity contribution < 1.29 is 0 Å². The monoisotopic (exact) mass is 470 g/mol. The Morgan fingerprint density at radius 3 is 0.515 bits per heavy atom. The van der Waals surface area contributed by atoms with E-state index < -0.39 is 0 Å². The van der Waals surface area contributed by atoms with Crippen molar-refractivity contribution in [2.75, 3.05) is 0 Å². The Hall–Kier alpha value is -1.63. The van der Waals surface area contributed by atoms with E-state index in [1.165, 1.54) is 0 Å². The Morgan fingerprint density at radius 2 is 0.455 bits per heavy atom. The van der Waals surface area contributed by atoms with E-state index >= 15 is 0 Å². The van der Waals surface area contributed by atoms with E-state index in [1.807, 2.05) is 138 Å². The number of pyridine rings is 1. The largest absolute Gasteiger partial charge is 0.265 e. The topological polar surface area (TPSA) is 12.9 Å². The van der Waals surface area contributed by atoms with Gasteiger partial charge in [0.25, 0.3) is 0 Å². The zero-order valence-electron chi connectivity index (χ0n) is 26.0. The number of nitrogens with zero attached hydrogens (tertiary/aromatic N) is 1. The molecule has 0 saturated carbocycles. The van der Waals surface area contributed by atoms with Gasteiger partial charge in [0.2, 0.25) is 0 Å². The van der Waals surface area contributed by atoms with Crippen LogP contribution in [0.4, 0.5) is 0 Å². The molecular weight excluding hydrogens is 398 g/mol. The minimum Gasteiger partial charge on any atom is -0.265 e. The van der Waals surface area contributed by atoms with Gasteiger partial charge in [-0.3, -0.25) is 4.98 Å². The smallest absolute Gasteiger partial charge is 0.0267 e. The summed E-state index contributed by atoms with van der Waals surface area (Å²) in [6, 6.07) is 17.7. The van der Waals surface area contributed by atoms with Gasteiger partial charge in [0.1, 0.15) is 0 Å². The van der Waals surface area contributed by atoms with Crippen molar-refractivity contribution in [3.8, 4) is 0 Å². The van der Waals surface area contributed by atoms with E-state index in [0.29, 0.717) is 0 Å². The highest BCUT2D eigenvalue weighted by molar-refractivity contribution is 4.99. The Bertz CT molecular complexity index is 245. The Kier molecular flexibility index (Phi) is 171. The van der Waals surface area contributed by atoms with Gasteiger partial charge in [-0.2, -0.15) is 0 Å². The first kappa shape index (κ1) is 57.8. The second-order valence-electron chi connectivity index (χ2n) is 5.64. The lowest BCUT2D eigenvalue weighted by Crippen LogP contribution is -1.66. The van der Waals surface area contributed by atoms with Gasteiger partial charge >= 0.3 is 0 Å². The number of rotatable bonds is 0. The van der Waals surface area contributed by atoms with Crippen molar-refractivity contribution in [3.05, 3.63) is 67.0 Å². The van der Waals surface area contributed by atoms with Gasteiger partial charge in [0.05, 0.1) is 0 Å². The Morgan fingerprint density at radius 1 is 0.333 bits per heavy atom. The fraction of sp³-hybridized carbons (Fsp3) is 0.656. The second-order valence-corrected chi connectivity index (χ2v) is 5.64. The van der Waals surface area contributed by atoms with Crippen molar-refractivity contribution in [3.63, 3.8) is 0 Å². The zero-order valence-corrected chi connectivity index (χ0v) is 26.0. The summed E-state index contributed by atoms with van der Waals surface area (Å²) in [5, 5.41) is 0. The molecule has 1 nitrogen and oxygen atoms in total. The van der Waals surface area contributed by atoms with E-state index in [9.17, 15) is 0 Å². The highest BCUT2D eigenvalue weighted by atomic mass is 14.6. The molecule has 0 amide bonds. The lowest BCUT2D eigenvalue weighted by Gasteiger charge is -1.79. The van der Waals surface area contributed by atoms with Crippen LogP contribution in [0.25, 0.3) is 0 Å². The van der Waals surface area contributed by atoms with E-state index in [4.69, 9.17) is 0 Å². The van der Waals surface area contributed by atoms with Crippen LogP contribution < -0.4 is 0 Å². The predicted molar refractivity (Wildman–Crippen MR) is 167 cm³/mol. The van der Waals surface area contributed by atoms with Gasteiger partial charge in [-0.25, -0.2) is 0 Å². The van der Waals surface area contributed by atoms with Gasteiger partial charge in [-0.1, -0.05) is 175 Å². The molecule has 1 heterocycles. The lowest BCUT2D eigenvalue weighted by atomic mass is 10.3. The molecule has 0 aliphatic heterocycles. The van der Waals surface area contributed by atoms with Crippen LogP contribution in [0.15, 0.2) is 67.0 Å². The summed E-state index contributed by atoms with van der Waals surface area (Å²) in [6.07, 6.45) is 3.50. The predicted octanol–water partition coefficient (Wildman–Crippen LogP) is 12.9. The van der Waals surface area contributed by atoms with Crippen molar-refractivity contribution >= 4 is 0 Å². The summed E-state index contributed by atoms with van der Waals surface area (Å²) >= 11 is 0. The summed E-state index contributed by atoms with van der Waals surface area (Å²) in [7, 11) is 0. The first-order valence-corrected chi connectivity index (χ1v) is 13.3. The molecule has 0 aliphatic rings. The van der Waals surface area contributed by atoms with E-state index in [0.717, 1.165) is 11.8 Å². The Labute approximate surface area is 215 Å². The maximum absolute atomic E-state index is 3.78. The maximum atomic E-state index is 3.78. The van der Waals surface area contributed by atoms with Gasteiger partial charge in [-0.05, 0) is 24.0 Å². The summed E-state index contributed by atoms with van der Waals surface area (Å²) < 4.78 is 0. The molecule has 0 radical (unpaired) electrons. The number of hydrogen-bond donors (Lipinski definition) is 0. The third-order valence-corrected chi connectivity index (χ3v) is 1.23. The van der Waals surface area contributed by atoms with E-state index in [2.05, 4.69) is 46.5 Å². The fourth-order valence-electron chi connectivity index (χ4n) is 0.698. The number of benzene rings is 1. The average Bonchev–Trinajstić information content (AvgIpc) is 2.88. The van der Waals surface area contributed by atoms with Crippen LogP contribution in [-0.4, -0.2) is 4.98 Å². The van der Waals surface area contributed by atoms with Crippen LogP contribution in [0.2, 0.25) is 0 Å². The van der Waals surface area contributed by atoms with Gasteiger partial charge in [-0.15, -0.1) is 0 Å². The van der Waals surface area contributed by atoms with Gasteiger partial charge < -0.3 is 0 Å². The third-order valence-electron chi connectivity index (χ3n) is 1.23. The molecule has 0 spiro atoms. The van der Waals surface area contributed by atoms with Crippen molar-refractivity contribution in [2.45, 2.75) is 132 Å². The van der Waals surface area contributed by atoms with Crippen molar-refractivity contribution in [1.82, 2.24) is 4.98 Å². The maximum Gasteiger partial charge on any atom is 0.0267 e. The second kappa shape index (κ2) is 97.8. The van der Waals surface area contributed by atoms with Gasteiger partial charge in [0.15, 0.2) is 0 Å².